The number of benzene rings is 1. The second-order valence-corrected chi connectivity index (χ2v) is 4.74. The zero-order valence-corrected chi connectivity index (χ0v) is 10.1. The van der Waals surface area contributed by atoms with E-state index in [4.69, 9.17) is 16.0 Å². The summed E-state index contributed by atoms with van der Waals surface area (Å²) in [5.41, 5.74) is 0.467. The lowest BCUT2D eigenvalue weighted by atomic mass is 10.2. The van der Waals surface area contributed by atoms with E-state index in [0.29, 0.717) is 21.2 Å². The fourth-order valence-electron chi connectivity index (χ4n) is 1.61. The summed E-state index contributed by atoms with van der Waals surface area (Å²) in [7, 11) is 0. The molecule has 17 heavy (non-hydrogen) atoms. The highest BCUT2D eigenvalue weighted by molar-refractivity contribution is 7.13. The largest absolute Gasteiger partial charge is 0.421 e. The van der Waals surface area contributed by atoms with Gasteiger partial charge in [-0.1, -0.05) is 23.7 Å². The molecular formula is C12H6ClNO2S. The minimum Gasteiger partial charge on any atom is -0.421 e. The van der Waals surface area contributed by atoms with Crippen molar-refractivity contribution in [2.45, 2.75) is 0 Å². The Balaban J connectivity index is 2.36. The number of halogens is 1. The van der Waals surface area contributed by atoms with Gasteiger partial charge in [0, 0.05) is 17.0 Å². The van der Waals surface area contributed by atoms with E-state index in [1.165, 1.54) is 11.3 Å². The van der Waals surface area contributed by atoms with Crippen LogP contribution in [0.5, 0.6) is 0 Å². The van der Waals surface area contributed by atoms with Gasteiger partial charge in [0.05, 0.1) is 10.6 Å². The van der Waals surface area contributed by atoms with Gasteiger partial charge in [0.1, 0.15) is 5.01 Å². The van der Waals surface area contributed by atoms with E-state index in [1.54, 1.807) is 18.3 Å². The van der Waals surface area contributed by atoms with Crippen molar-refractivity contribution < 1.29 is 4.42 Å². The summed E-state index contributed by atoms with van der Waals surface area (Å²) in [4.78, 5) is 15.9. The van der Waals surface area contributed by atoms with Crippen molar-refractivity contribution in [2.24, 2.45) is 0 Å². The van der Waals surface area contributed by atoms with Crippen LogP contribution >= 0.6 is 22.9 Å². The molecule has 0 radical (unpaired) electrons. The lowest BCUT2D eigenvalue weighted by Crippen LogP contribution is -2.02. The van der Waals surface area contributed by atoms with E-state index in [0.717, 1.165) is 5.39 Å². The molecule has 3 rings (SSSR count). The number of fused-ring (bicyclic) bond motifs is 1. The molecule has 0 aliphatic rings. The zero-order chi connectivity index (χ0) is 11.8. The van der Waals surface area contributed by atoms with Gasteiger partial charge in [-0.25, -0.2) is 9.78 Å². The average Bonchev–Trinajstić information content (AvgIpc) is 2.83. The molecule has 0 fully saturated rings. The van der Waals surface area contributed by atoms with Crippen LogP contribution in [-0.4, -0.2) is 4.98 Å². The van der Waals surface area contributed by atoms with Gasteiger partial charge in [-0.2, -0.15) is 0 Å². The van der Waals surface area contributed by atoms with Crippen molar-refractivity contribution in [3.05, 3.63) is 51.3 Å². The lowest BCUT2D eigenvalue weighted by molar-refractivity contribution is 0.563. The first-order valence-corrected chi connectivity index (χ1v) is 6.14. The molecule has 0 unspecified atom stereocenters. The van der Waals surface area contributed by atoms with Gasteiger partial charge in [-0.3, -0.25) is 0 Å². The third kappa shape index (κ3) is 1.75. The second kappa shape index (κ2) is 3.98. The normalized spacial score (nSPS) is 10.9. The van der Waals surface area contributed by atoms with E-state index >= 15 is 0 Å². The Morgan fingerprint density at radius 1 is 1.35 bits per heavy atom. The molecule has 2 aromatic heterocycles. The van der Waals surface area contributed by atoms with Gasteiger partial charge in [-0.15, -0.1) is 11.3 Å². The Hall–Kier alpha value is -1.65. The SMILES string of the molecule is O=c1oc2c(Cl)cccc2cc1-c1nccs1. The van der Waals surface area contributed by atoms with Gasteiger partial charge in [0.15, 0.2) is 5.58 Å². The van der Waals surface area contributed by atoms with Crippen LogP contribution in [0.15, 0.2) is 45.1 Å². The minimum absolute atomic E-state index is 0.416. The summed E-state index contributed by atoms with van der Waals surface area (Å²) in [6.07, 6.45) is 1.65. The maximum absolute atomic E-state index is 11.8. The van der Waals surface area contributed by atoms with Crippen molar-refractivity contribution >= 4 is 33.9 Å². The number of nitrogens with zero attached hydrogens (tertiary/aromatic N) is 1. The van der Waals surface area contributed by atoms with Crippen LogP contribution < -0.4 is 5.63 Å². The quantitative estimate of drug-likeness (QED) is 0.631. The first kappa shape index (κ1) is 10.5. The zero-order valence-electron chi connectivity index (χ0n) is 8.51. The van der Waals surface area contributed by atoms with E-state index in [2.05, 4.69) is 4.98 Å². The summed E-state index contributed by atoms with van der Waals surface area (Å²) in [6.45, 7) is 0. The number of hydrogen-bond acceptors (Lipinski definition) is 4. The predicted molar refractivity (Wildman–Crippen MR) is 68.6 cm³/mol. The highest BCUT2D eigenvalue weighted by Crippen LogP contribution is 2.26. The fraction of sp³-hybridized carbons (Fsp3) is 0. The summed E-state index contributed by atoms with van der Waals surface area (Å²) >= 11 is 7.36. The molecule has 0 saturated heterocycles. The molecule has 0 bridgehead atoms. The molecule has 0 spiro atoms. The molecule has 0 atom stereocenters. The van der Waals surface area contributed by atoms with Gasteiger partial charge in [0.2, 0.25) is 0 Å². The van der Waals surface area contributed by atoms with Gasteiger partial charge >= 0.3 is 5.63 Å². The van der Waals surface area contributed by atoms with E-state index in [9.17, 15) is 4.79 Å². The number of para-hydroxylation sites is 1. The summed E-state index contributed by atoms with van der Waals surface area (Å²) in [5, 5.41) is 3.70. The van der Waals surface area contributed by atoms with Crippen LogP contribution in [0.1, 0.15) is 0 Å². The highest BCUT2D eigenvalue weighted by atomic mass is 35.5. The number of rotatable bonds is 1. The van der Waals surface area contributed by atoms with Crippen LogP contribution in [0.25, 0.3) is 21.5 Å². The van der Waals surface area contributed by atoms with Crippen molar-refractivity contribution in [3.63, 3.8) is 0 Å². The van der Waals surface area contributed by atoms with Crippen LogP contribution in [-0.2, 0) is 0 Å². The minimum atomic E-state index is -0.416. The molecule has 0 amide bonds. The summed E-state index contributed by atoms with van der Waals surface area (Å²) in [6, 6.07) is 7.11. The monoisotopic (exact) mass is 263 g/mol. The highest BCUT2D eigenvalue weighted by Gasteiger charge is 2.11. The van der Waals surface area contributed by atoms with E-state index in [1.807, 2.05) is 17.5 Å². The smallest absolute Gasteiger partial charge is 0.346 e. The summed E-state index contributed by atoms with van der Waals surface area (Å²) in [5.74, 6) is 0. The van der Waals surface area contributed by atoms with Crippen molar-refractivity contribution in [3.8, 4) is 10.6 Å². The van der Waals surface area contributed by atoms with E-state index in [-0.39, 0.29) is 0 Å². The molecule has 3 nitrogen and oxygen atoms in total. The Morgan fingerprint density at radius 2 is 2.24 bits per heavy atom. The average molecular weight is 264 g/mol. The number of hydrogen-bond donors (Lipinski definition) is 0. The molecule has 1 aromatic carbocycles. The van der Waals surface area contributed by atoms with Gasteiger partial charge in [-0.05, 0) is 12.1 Å². The van der Waals surface area contributed by atoms with Crippen LogP contribution in [0.4, 0.5) is 0 Å². The molecule has 3 aromatic rings. The Morgan fingerprint density at radius 3 is 3.00 bits per heavy atom. The van der Waals surface area contributed by atoms with Crippen LogP contribution in [0.3, 0.4) is 0 Å². The third-order valence-electron chi connectivity index (χ3n) is 2.37. The maximum Gasteiger partial charge on any atom is 0.346 e. The first-order chi connectivity index (χ1) is 8.25. The molecule has 0 aliphatic carbocycles. The predicted octanol–water partition coefficient (Wildman–Crippen LogP) is 3.57. The van der Waals surface area contributed by atoms with Crippen LogP contribution in [0, 0.1) is 0 Å². The maximum atomic E-state index is 11.8. The van der Waals surface area contributed by atoms with Crippen molar-refractivity contribution in [2.75, 3.05) is 0 Å². The standard InChI is InChI=1S/C12H6ClNO2S/c13-9-3-1-2-7-6-8(11-14-4-5-17-11)12(15)16-10(7)9/h1-6H. The number of thiazole rings is 1. The van der Waals surface area contributed by atoms with Crippen LogP contribution in [0.2, 0.25) is 5.02 Å². The fourth-order valence-corrected chi connectivity index (χ4v) is 2.48. The Kier molecular flexibility index (Phi) is 2.46. The van der Waals surface area contributed by atoms with Gasteiger partial charge in [0.25, 0.3) is 0 Å². The topological polar surface area (TPSA) is 43.1 Å². The van der Waals surface area contributed by atoms with Crippen molar-refractivity contribution in [1.82, 2.24) is 4.98 Å². The second-order valence-electron chi connectivity index (χ2n) is 3.44. The van der Waals surface area contributed by atoms with Crippen molar-refractivity contribution in [1.29, 1.82) is 0 Å². The molecule has 0 saturated carbocycles. The Bertz CT molecular complexity index is 734. The molecule has 0 aliphatic heterocycles. The van der Waals surface area contributed by atoms with E-state index < -0.39 is 5.63 Å². The third-order valence-corrected chi connectivity index (χ3v) is 3.48. The molecule has 5 heteroatoms. The van der Waals surface area contributed by atoms with Gasteiger partial charge < -0.3 is 4.42 Å². The molecule has 0 N–H and O–H groups in total. The molecule has 84 valence electrons. The molecule has 2 heterocycles. The first-order valence-electron chi connectivity index (χ1n) is 4.88. The Labute approximate surface area is 105 Å². The number of aromatic nitrogens is 1. The summed E-state index contributed by atoms with van der Waals surface area (Å²) < 4.78 is 5.23. The molecular weight excluding hydrogens is 258 g/mol. The lowest BCUT2D eigenvalue weighted by Gasteiger charge is -2.00.